The molecule has 6 nitrogen and oxygen atoms in total. The minimum absolute atomic E-state index is 0.0337. The topological polar surface area (TPSA) is 59.4 Å². The smallest absolute Gasteiger partial charge is 0.256 e. The fourth-order valence-corrected chi connectivity index (χ4v) is 4.65. The fraction of sp³-hybridized carbons (Fsp3) is 0.304. The third-order valence-electron chi connectivity index (χ3n) is 5.58. The number of aryl methyl sites for hydroxylation is 1. The molecular formula is C23H23Cl3N4O2. The molecule has 0 saturated carbocycles. The predicted octanol–water partition coefficient (Wildman–Crippen LogP) is 5.22. The van der Waals surface area contributed by atoms with Gasteiger partial charge in [-0.1, -0.05) is 53.0 Å². The summed E-state index contributed by atoms with van der Waals surface area (Å²) >= 11 is 19.0. The molecule has 1 N–H and O–H groups in total. The van der Waals surface area contributed by atoms with Gasteiger partial charge < -0.3 is 15.0 Å². The van der Waals surface area contributed by atoms with E-state index in [0.29, 0.717) is 39.5 Å². The molecule has 9 heteroatoms. The number of aromatic nitrogens is 2. The number of halogens is 3. The van der Waals surface area contributed by atoms with Gasteiger partial charge in [0.1, 0.15) is 10.9 Å². The molecule has 1 aliphatic heterocycles. The van der Waals surface area contributed by atoms with E-state index in [9.17, 15) is 4.79 Å². The molecule has 0 spiro atoms. The number of amides is 1. The maximum atomic E-state index is 13.1. The molecule has 168 valence electrons. The summed E-state index contributed by atoms with van der Waals surface area (Å²) in [6.45, 7) is 3.59. The zero-order valence-corrected chi connectivity index (χ0v) is 20.0. The number of nitrogens with zero attached hydrogens (tertiary/aromatic N) is 3. The zero-order valence-electron chi connectivity index (χ0n) is 17.7. The number of ether oxygens (including phenoxy) is 1. The number of carbonyl (C=O) groups is 1. The van der Waals surface area contributed by atoms with E-state index in [-0.39, 0.29) is 11.9 Å². The summed E-state index contributed by atoms with van der Waals surface area (Å²) in [6, 6.07) is 13.0. The van der Waals surface area contributed by atoms with Gasteiger partial charge >= 0.3 is 0 Å². The third-order valence-corrected chi connectivity index (χ3v) is 6.56. The number of rotatable bonds is 6. The highest BCUT2D eigenvalue weighted by Gasteiger charge is 2.29. The minimum Gasteiger partial charge on any atom is -0.495 e. The van der Waals surface area contributed by atoms with Crippen LogP contribution in [0.4, 0.5) is 5.69 Å². The van der Waals surface area contributed by atoms with Crippen LogP contribution in [0.5, 0.6) is 5.75 Å². The Morgan fingerprint density at radius 1 is 1.22 bits per heavy atom. The molecule has 1 unspecified atom stereocenters. The van der Waals surface area contributed by atoms with Crippen LogP contribution in [0.2, 0.25) is 15.2 Å². The number of nitrogens with one attached hydrogen (secondary N) is 1. The number of benzene rings is 2. The van der Waals surface area contributed by atoms with E-state index < -0.39 is 0 Å². The molecule has 0 bridgehead atoms. The van der Waals surface area contributed by atoms with Crippen LogP contribution in [-0.4, -0.2) is 41.9 Å². The zero-order chi connectivity index (χ0) is 22.8. The van der Waals surface area contributed by atoms with Crippen LogP contribution >= 0.6 is 34.8 Å². The van der Waals surface area contributed by atoms with Gasteiger partial charge in [0, 0.05) is 29.2 Å². The first-order valence-electron chi connectivity index (χ1n) is 10.2. The normalized spacial score (nSPS) is 15.8. The molecular weight excluding hydrogens is 471 g/mol. The second kappa shape index (κ2) is 9.61. The predicted molar refractivity (Wildman–Crippen MR) is 129 cm³/mol. The number of methoxy groups -OCH3 is 1. The summed E-state index contributed by atoms with van der Waals surface area (Å²) in [5, 5.41) is 9.13. The number of hydrogen-bond acceptors (Lipinski definition) is 4. The van der Waals surface area contributed by atoms with Crippen molar-refractivity contribution in [1.29, 1.82) is 0 Å². The van der Waals surface area contributed by atoms with Gasteiger partial charge in [-0.2, -0.15) is 5.10 Å². The van der Waals surface area contributed by atoms with E-state index in [1.165, 1.54) is 0 Å². The van der Waals surface area contributed by atoms with Crippen LogP contribution in [0.15, 0.2) is 42.5 Å². The highest BCUT2D eigenvalue weighted by atomic mass is 35.5. The third kappa shape index (κ3) is 4.68. The van der Waals surface area contributed by atoms with Gasteiger partial charge in [-0.15, -0.1) is 0 Å². The van der Waals surface area contributed by atoms with Crippen molar-refractivity contribution in [3.63, 3.8) is 0 Å². The van der Waals surface area contributed by atoms with Crippen molar-refractivity contribution in [1.82, 2.24) is 15.1 Å². The van der Waals surface area contributed by atoms with Crippen molar-refractivity contribution >= 4 is 46.4 Å². The number of hydrogen-bond donors (Lipinski definition) is 1. The first-order valence-corrected chi connectivity index (χ1v) is 11.4. The van der Waals surface area contributed by atoms with E-state index in [0.717, 1.165) is 30.0 Å². The molecule has 1 amide bonds. The Morgan fingerprint density at radius 2 is 2.00 bits per heavy atom. The Kier molecular flexibility index (Phi) is 6.84. The van der Waals surface area contributed by atoms with Crippen molar-refractivity contribution < 1.29 is 9.53 Å². The van der Waals surface area contributed by atoms with Crippen LogP contribution in [0.1, 0.15) is 28.0 Å². The van der Waals surface area contributed by atoms with Crippen LogP contribution in [-0.2, 0) is 6.54 Å². The van der Waals surface area contributed by atoms with Crippen molar-refractivity contribution in [3.8, 4) is 5.75 Å². The van der Waals surface area contributed by atoms with Crippen LogP contribution < -0.4 is 15.0 Å². The summed E-state index contributed by atoms with van der Waals surface area (Å²) in [5.74, 6) is 0.518. The van der Waals surface area contributed by atoms with Gasteiger partial charge in [-0.3, -0.25) is 4.79 Å². The average molecular weight is 494 g/mol. The molecule has 1 atom stereocenters. The molecule has 1 saturated heterocycles. The largest absolute Gasteiger partial charge is 0.495 e. The summed E-state index contributed by atoms with van der Waals surface area (Å²) in [6.07, 6.45) is 0.797. The van der Waals surface area contributed by atoms with E-state index >= 15 is 0 Å². The lowest BCUT2D eigenvalue weighted by Gasteiger charge is -2.21. The van der Waals surface area contributed by atoms with E-state index in [2.05, 4.69) is 15.3 Å². The highest BCUT2D eigenvalue weighted by molar-refractivity contribution is 6.33. The lowest BCUT2D eigenvalue weighted by atomic mass is 10.2. The summed E-state index contributed by atoms with van der Waals surface area (Å²) in [7, 11) is 1.63. The van der Waals surface area contributed by atoms with Gasteiger partial charge in [0.15, 0.2) is 0 Å². The Bertz CT molecular complexity index is 1150. The van der Waals surface area contributed by atoms with Crippen LogP contribution in [0.3, 0.4) is 0 Å². The van der Waals surface area contributed by atoms with Crippen molar-refractivity contribution in [2.75, 3.05) is 25.1 Å². The highest BCUT2D eigenvalue weighted by Crippen LogP contribution is 2.33. The monoisotopic (exact) mass is 492 g/mol. The second-order valence-corrected chi connectivity index (χ2v) is 8.92. The first kappa shape index (κ1) is 22.8. The Balaban J connectivity index is 1.47. The molecule has 0 aliphatic carbocycles. The van der Waals surface area contributed by atoms with Crippen molar-refractivity contribution in [2.45, 2.75) is 25.9 Å². The van der Waals surface area contributed by atoms with Gasteiger partial charge in [-0.05, 0) is 43.2 Å². The lowest BCUT2D eigenvalue weighted by molar-refractivity contribution is 0.0940. The maximum absolute atomic E-state index is 13.1. The van der Waals surface area contributed by atoms with Crippen molar-refractivity contribution in [3.05, 3.63) is 74.5 Å². The standard InChI is InChI=1S/C23H23Cl3N4O2/c1-14-21(22(26)30(28-14)12-15-5-3-4-6-18(15)25)23(31)27-17-9-10-29(13-17)19-11-16(24)7-8-20(19)32-2/h3-8,11,17H,9-10,12-13H2,1-2H3,(H,27,31). The molecule has 1 aliphatic rings. The molecule has 3 aromatic rings. The van der Waals surface area contributed by atoms with Gasteiger partial charge in [0.2, 0.25) is 0 Å². The summed E-state index contributed by atoms with van der Waals surface area (Å²) in [5.41, 5.74) is 2.76. The Hall–Kier alpha value is -2.41. The van der Waals surface area contributed by atoms with E-state index in [1.54, 1.807) is 24.8 Å². The van der Waals surface area contributed by atoms with Crippen LogP contribution in [0.25, 0.3) is 0 Å². The summed E-state index contributed by atoms with van der Waals surface area (Å²) in [4.78, 5) is 15.2. The number of anilines is 1. The molecule has 0 radical (unpaired) electrons. The molecule has 32 heavy (non-hydrogen) atoms. The van der Waals surface area contributed by atoms with E-state index in [1.807, 2.05) is 36.4 Å². The fourth-order valence-electron chi connectivity index (χ4n) is 3.97. The van der Waals surface area contributed by atoms with Crippen molar-refractivity contribution in [2.24, 2.45) is 0 Å². The first-order chi connectivity index (χ1) is 15.4. The molecule has 4 rings (SSSR count). The molecule has 2 aromatic carbocycles. The van der Waals surface area contributed by atoms with E-state index in [4.69, 9.17) is 39.5 Å². The van der Waals surface area contributed by atoms with Crippen LogP contribution in [0, 0.1) is 6.92 Å². The Labute approximate surface area is 202 Å². The molecule has 1 fully saturated rings. The quantitative estimate of drug-likeness (QED) is 0.512. The van der Waals surface area contributed by atoms with Gasteiger partial charge in [0.25, 0.3) is 5.91 Å². The van der Waals surface area contributed by atoms with Gasteiger partial charge in [0.05, 0.1) is 30.6 Å². The molecule has 2 heterocycles. The molecule has 1 aromatic heterocycles. The minimum atomic E-state index is -0.234. The second-order valence-electron chi connectivity index (χ2n) is 7.72. The van der Waals surface area contributed by atoms with Gasteiger partial charge in [-0.25, -0.2) is 4.68 Å². The maximum Gasteiger partial charge on any atom is 0.256 e. The number of carbonyl (C=O) groups excluding carboxylic acids is 1. The SMILES string of the molecule is COc1ccc(Cl)cc1N1CCC(NC(=O)c2c(C)nn(Cc3ccccc3Cl)c2Cl)C1. The summed E-state index contributed by atoms with van der Waals surface area (Å²) < 4.78 is 7.07. The average Bonchev–Trinajstić information content (AvgIpc) is 3.33. The lowest BCUT2D eigenvalue weighted by Crippen LogP contribution is -2.37. The Morgan fingerprint density at radius 3 is 2.75 bits per heavy atom.